The first-order chi connectivity index (χ1) is 15.5. The first-order valence-corrected chi connectivity index (χ1v) is 9.91. The minimum atomic E-state index is -0.620. The fraction of sp³-hybridized carbons (Fsp3) is 0.261. The van der Waals surface area contributed by atoms with Crippen molar-refractivity contribution in [3.05, 3.63) is 70.9 Å². The molecule has 1 atom stereocenters. The standard InChI is InChI=1S/C23H23N3O6/c1-30-17(31-2)12-26-21(14-4-6-15(7-5-14)23(29)32-3)18-19(24-25-20(18)22(26)28)13-8-10-16(27)11-9-13/h4-11,17,21,27H,12H2,1-3H3,(H,24,25). The highest BCUT2D eigenvalue weighted by Gasteiger charge is 2.43. The third kappa shape index (κ3) is 3.72. The number of rotatable bonds is 7. The second-order valence-corrected chi connectivity index (χ2v) is 7.28. The number of esters is 1. The number of carbonyl (C=O) groups is 2. The Kier molecular flexibility index (Phi) is 5.93. The van der Waals surface area contributed by atoms with Crippen molar-refractivity contribution in [3.8, 4) is 17.0 Å². The number of ether oxygens (including phenoxy) is 3. The van der Waals surface area contributed by atoms with Crippen molar-refractivity contribution in [2.45, 2.75) is 12.3 Å². The molecule has 1 aromatic heterocycles. The number of hydrogen-bond acceptors (Lipinski definition) is 7. The highest BCUT2D eigenvalue weighted by molar-refractivity contribution is 6.00. The van der Waals surface area contributed by atoms with E-state index in [1.807, 2.05) is 0 Å². The number of amides is 1. The van der Waals surface area contributed by atoms with Crippen LogP contribution in [-0.4, -0.2) is 66.2 Å². The number of nitrogens with one attached hydrogen (secondary N) is 1. The number of H-pyrrole nitrogens is 1. The molecule has 0 spiro atoms. The predicted octanol–water partition coefficient (Wildman–Crippen LogP) is 2.73. The van der Waals surface area contributed by atoms with Gasteiger partial charge < -0.3 is 24.2 Å². The SMILES string of the molecule is COC(=O)c1ccc(C2c3c(-c4ccc(O)cc4)n[nH]c3C(=O)N2CC(OC)OC)cc1. The van der Waals surface area contributed by atoms with Gasteiger partial charge in [0.25, 0.3) is 5.91 Å². The van der Waals surface area contributed by atoms with E-state index < -0.39 is 18.3 Å². The van der Waals surface area contributed by atoms with Crippen LogP contribution in [0.25, 0.3) is 11.3 Å². The molecule has 9 nitrogen and oxygen atoms in total. The molecule has 0 fully saturated rings. The molecule has 32 heavy (non-hydrogen) atoms. The normalized spacial score (nSPS) is 15.3. The Morgan fingerprint density at radius 1 is 1.09 bits per heavy atom. The Morgan fingerprint density at radius 3 is 2.34 bits per heavy atom. The van der Waals surface area contributed by atoms with E-state index in [1.54, 1.807) is 53.4 Å². The van der Waals surface area contributed by atoms with Crippen molar-refractivity contribution in [2.24, 2.45) is 0 Å². The van der Waals surface area contributed by atoms with Crippen LogP contribution in [0.2, 0.25) is 0 Å². The number of phenols is 1. The molecule has 9 heteroatoms. The average Bonchev–Trinajstić information content (AvgIpc) is 3.36. The highest BCUT2D eigenvalue weighted by atomic mass is 16.7. The molecule has 2 N–H and O–H groups in total. The minimum Gasteiger partial charge on any atom is -0.508 e. The van der Waals surface area contributed by atoms with E-state index in [2.05, 4.69) is 10.2 Å². The van der Waals surface area contributed by atoms with Gasteiger partial charge >= 0.3 is 5.97 Å². The van der Waals surface area contributed by atoms with Crippen LogP contribution >= 0.6 is 0 Å². The first-order valence-electron chi connectivity index (χ1n) is 9.91. The number of phenolic OH excluding ortho intramolecular Hbond substituents is 1. The molecule has 1 aliphatic rings. The van der Waals surface area contributed by atoms with Crippen molar-refractivity contribution in [1.82, 2.24) is 15.1 Å². The van der Waals surface area contributed by atoms with Gasteiger partial charge in [0.1, 0.15) is 11.4 Å². The third-order valence-electron chi connectivity index (χ3n) is 5.52. The van der Waals surface area contributed by atoms with Gasteiger partial charge in [-0.3, -0.25) is 9.89 Å². The maximum Gasteiger partial charge on any atom is 0.337 e. The first kappa shape index (κ1) is 21.5. The van der Waals surface area contributed by atoms with Gasteiger partial charge in [-0.2, -0.15) is 5.10 Å². The summed E-state index contributed by atoms with van der Waals surface area (Å²) >= 11 is 0. The fourth-order valence-electron chi connectivity index (χ4n) is 3.90. The zero-order valence-corrected chi connectivity index (χ0v) is 17.9. The van der Waals surface area contributed by atoms with E-state index in [0.717, 1.165) is 11.1 Å². The second kappa shape index (κ2) is 8.81. The van der Waals surface area contributed by atoms with Gasteiger partial charge in [-0.05, 0) is 42.0 Å². The van der Waals surface area contributed by atoms with E-state index in [0.29, 0.717) is 22.5 Å². The van der Waals surface area contributed by atoms with Crippen LogP contribution in [0.3, 0.4) is 0 Å². The van der Waals surface area contributed by atoms with Crippen molar-refractivity contribution < 1.29 is 28.9 Å². The maximum atomic E-state index is 13.3. The van der Waals surface area contributed by atoms with Gasteiger partial charge in [-0.15, -0.1) is 0 Å². The summed E-state index contributed by atoms with van der Waals surface area (Å²) in [4.78, 5) is 26.8. The monoisotopic (exact) mass is 437 g/mol. The number of fused-ring (bicyclic) bond motifs is 1. The Hall–Kier alpha value is -3.69. The summed E-state index contributed by atoms with van der Waals surface area (Å²) in [6.45, 7) is 0.187. The number of benzene rings is 2. The summed E-state index contributed by atoms with van der Waals surface area (Å²) in [7, 11) is 4.35. The van der Waals surface area contributed by atoms with E-state index in [9.17, 15) is 14.7 Å². The lowest BCUT2D eigenvalue weighted by Crippen LogP contribution is -2.38. The molecule has 0 aliphatic carbocycles. The van der Waals surface area contributed by atoms with Crippen molar-refractivity contribution in [2.75, 3.05) is 27.9 Å². The van der Waals surface area contributed by atoms with Gasteiger partial charge in [-0.25, -0.2) is 4.79 Å². The molecule has 2 heterocycles. The Balaban J connectivity index is 1.82. The van der Waals surface area contributed by atoms with Gasteiger partial charge in [0.2, 0.25) is 0 Å². The van der Waals surface area contributed by atoms with Crippen molar-refractivity contribution in [1.29, 1.82) is 0 Å². The van der Waals surface area contributed by atoms with Crippen LogP contribution < -0.4 is 0 Å². The van der Waals surface area contributed by atoms with Gasteiger partial charge in [-0.1, -0.05) is 12.1 Å². The Labute approximate surface area is 184 Å². The maximum absolute atomic E-state index is 13.3. The van der Waals surface area contributed by atoms with Crippen LogP contribution in [0.15, 0.2) is 48.5 Å². The van der Waals surface area contributed by atoms with Crippen LogP contribution in [0.4, 0.5) is 0 Å². The smallest absolute Gasteiger partial charge is 0.337 e. The zero-order chi connectivity index (χ0) is 22.8. The second-order valence-electron chi connectivity index (χ2n) is 7.28. The lowest BCUT2D eigenvalue weighted by atomic mass is 9.95. The van der Waals surface area contributed by atoms with Crippen molar-refractivity contribution in [3.63, 3.8) is 0 Å². The summed E-state index contributed by atoms with van der Waals surface area (Å²) in [5, 5.41) is 16.9. The van der Waals surface area contributed by atoms with Crippen LogP contribution in [-0.2, 0) is 14.2 Å². The fourth-order valence-corrected chi connectivity index (χ4v) is 3.90. The predicted molar refractivity (Wildman–Crippen MR) is 114 cm³/mol. The topological polar surface area (TPSA) is 114 Å². The lowest BCUT2D eigenvalue weighted by Gasteiger charge is -2.29. The Bertz CT molecular complexity index is 1120. The number of aromatic amines is 1. The molecule has 2 aromatic carbocycles. The number of aromatic nitrogens is 2. The molecule has 3 aromatic rings. The lowest BCUT2D eigenvalue weighted by molar-refractivity contribution is -0.113. The molecule has 0 saturated heterocycles. The quantitative estimate of drug-likeness (QED) is 0.431. The largest absolute Gasteiger partial charge is 0.508 e. The molecule has 1 amide bonds. The highest BCUT2D eigenvalue weighted by Crippen LogP contribution is 2.43. The van der Waals surface area contributed by atoms with Crippen molar-refractivity contribution >= 4 is 11.9 Å². The van der Waals surface area contributed by atoms with Gasteiger partial charge in [0.15, 0.2) is 6.29 Å². The molecule has 4 rings (SSSR count). The van der Waals surface area contributed by atoms with Crippen LogP contribution in [0.5, 0.6) is 5.75 Å². The summed E-state index contributed by atoms with van der Waals surface area (Å²) in [6, 6.07) is 13.0. The molecular weight excluding hydrogens is 414 g/mol. The number of hydrogen-bond donors (Lipinski definition) is 2. The molecular formula is C23H23N3O6. The summed E-state index contributed by atoms with van der Waals surface area (Å²) in [6.07, 6.45) is -0.620. The number of methoxy groups -OCH3 is 3. The van der Waals surface area contributed by atoms with E-state index in [1.165, 1.54) is 21.3 Å². The number of nitrogens with zero attached hydrogens (tertiary/aromatic N) is 2. The zero-order valence-electron chi connectivity index (χ0n) is 17.9. The molecule has 166 valence electrons. The van der Waals surface area contributed by atoms with E-state index in [-0.39, 0.29) is 18.2 Å². The molecule has 0 bridgehead atoms. The molecule has 0 saturated carbocycles. The van der Waals surface area contributed by atoms with Crippen LogP contribution in [0.1, 0.15) is 38.0 Å². The summed E-state index contributed by atoms with van der Waals surface area (Å²) in [5.41, 5.74) is 3.63. The van der Waals surface area contributed by atoms with Crippen LogP contribution in [0, 0.1) is 0 Å². The van der Waals surface area contributed by atoms with E-state index in [4.69, 9.17) is 14.2 Å². The number of aromatic hydroxyl groups is 1. The summed E-state index contributed by atoms with van der Waals surface area (Å²) < 4.78 is 15.4. The van der Waals surface area contributed by atoms with E-state index >= 15 is 0 Å². The molecule has 0 radical (unpaired) electrons. The van der Waals surface area contributed by atoms with Gasteiger partial charge in [0.05, 0.1) is 31.0 Å². The minimum absolute atomic E-state index is 0.136. The Morgan fingerprint density at radius 2 is 1.75 bits per heavy atom. The molecule has 1 unspecified atom stereocenters. The molecule has 1 aliphatic heterocycles. The van der Waals surface area contributed by atoms with Gasteiger partial charge in [0, 0.05) is 25.3 Å². The third-order valence-corrected chi connectivity index (χ3v) is 5.52. The average molecular weight is 437 g/mol. The number of carbonyl (C=O) groups excluding carboxylic acids is 2. The summed E-state index contributed by atoms with van der Waals surface area (Å²) in [5.74, 6) is -0.543.